The molecule has 2 aromatic rings. The highest BCUT2D eigenvalue weighted by Crippen LogP contribution is 2.44. The Morgan fingerprint density at radius 2 is 2.00 bits per heavy atom. The van der Waals surface area contributed by atoms with Gasteiger partial charge in [0.15, 0.2) is 0 Å². The van der Waals surface area contributed by atoms with Gasteiger partial charge in [-0.3, -0.25) is 0 Å². The van der Waals surface area contributed by atoms with Gasteiger partial charge in [0.2, 0.25) is 0 Å². The van der Waals surface area contributed by atoms with E-state index in [1.165, 1.54) is 0 Å². The van der Waals surface area contributed by atoms with E-state index in [9.17, 15) is 5.11 Å². The maximum absolute atomic E-state index is 12.0. The van der Waals surface area contributed by atoms with Crippen molar-refractivity contribution in [3.05, 3.63) is 59.1 Å². The zero-order valence-electron chi connectivity index (χ0n) is 16.5. The van der Waals surface area contributed by atoms with Gasteiger partial charge in [-0.25, -0.2) is 0 Å². The molecule has 0 unspecified atom stereocenters. The molecule has 0 aliphatic carbocycles. The molecule has 0 saturated carbocycles. The van der Waals surface area contributed by atoms with Gasteiger partial charge in [-0.15, -0.1) is 0 Å². The van der Waals surface area contributed by atoms with E-state index in [0.717, 1.165) is 50.1 Å². The van der Waals surface area contributed by atoms with Gasteiger partial charge in [-0.1, -0.05) is 29.8 Å². The lowest BCUT2D eigenvalue weighted by molar-refractivity contribution is -0.0446. The van der Waals surface area contributed by atoms with Crippen LogP contribution in [0.25, 0.3) is 0 Å². The van der Waals surface area contributed by atoms with Crippen molar-refractivity contribution in [2.45, 2.75) is 37.7 Å². The van der Waals surface area contributed by atoms with Gasteiger partial charge < -0.3 is 19.9 Å². The third-order valence-corrected chi connectivity index (χ3v) is 5.74. The molecule has 5 heteroatoms. The molecule has 2 aromatic carbocycles. The number of rotatable bonds is 9. The van der Waals surface area contributed by atoms with Crippen molar-refractivity contribution in [1.82, 2.24) is 5.32 Å². The summed E-state index contributed by atoms with van der Waals surface area (Å²) in [5, 5.41) is 16.0. The first-order valence-electron chi connectivity index (χ1n) is 10.1. The van der Waals surface area contributed by atoms with Crippen LogP contribution in [-0.4, -0.2) is 31.9 Å². The first-order valence-corrected chi connectivity index (χ1v) is 10.5. The summed E-state index contributed by atoms with van der Waals surface area (Å²) in [5.74, 6) is 1.52. The maximum atomic E-state index is 12.0. The summed E-state index contributed by atoms with van der Waals surface area (Å²) in [5.41, 5.74) is -0.231. The van der Waals surface area contributed by atoms with Gasteiger partial charge in [0.25, 0.3) is 0 Å². The van der Waals surface area contributed by atoms with Crippen LogP contribution in [0, 0.1) is 5.92 Å². The fraction of sp³-hybridized carbons (Fsp3) is 0.478. The number of aliphatic hydroxyl groups is 1. The molecule has 1 aliphatic rings. The van der Waals surface area contributed by atoms with Crippen LogP contribution in [0.2, 0.25) is 5.02 Å². The Morgan fingerprint density at radius 3 is 2.71 bits per heavy atom. The van der Waals surface area contributed by atoms with Gasteiger partial charge in [0.1, 0.15) is 11.5 Å². The zero-order chi connectivity index (χ0) is 19.8. The monoisotopic (exact) mass is 403 g/mol. The first-order chi connectivity index (χ1) is 13.6. The molecule has 152 valence electrons. The van der Waals surface area contributed by atoms with E-state index < -0.39 is 5.60 Å². The minimum Gasteiger partial charge on any atom is -0.457 e. The zero-order valence-corrected chi connectivity index (χ0v) is 17.3. The molecule has 0 aromatic heterocycles. The Balaban J connectivity index is 1.94. The number of hydrogen-bond donors (Lipinski definition) is 2. The lowest BCUT2D eigenvalue weighted by atomic mass is 9.74. The minimum atomic E-state index is -1.00. The molecule has 4 nitrogen and oxygen atoms in total. The van der Waals surface area contributed by atoms with Crippen molar-refractivity contribution in [3.63, 3.8) is 0 Å². The third kappa shape index (κ3) is 5.26. The quantitative estimate of drug-likeness (QED) is 0.569. The topological polar surface area (TPSA) is 50.7 Å². The van der Waals surface area contributed by atoms with E-state index in [0.29, 0.717) is 23.8 Å². The largest absolute Gasteiger partial charge is 0.457 e. The average molecular weight is 404 g/mol. The van der Waals surface area contributed by atoms with Crippen LogP contribution in [0.4, 0.5) is 0 Å². The molecule has 1 aliphatic heterocycles. The number of ether oxygens (including phenoxy) is 2. The molecule has 1 fully saturated rings. The fourth-order valence-electron chi connectivity index (χ4n) is 4.00. The second-order valence-electron chi connectivity index (χ2n) is 7.47. The van der Waals surface area contributed by atoms with Crippen molar-refractivity contribution in [1.29, 1.82) is 0 Å². The lowest BCUT2D eigenvalue weighted by Gasteiger charge is -2.40. The fourth-order valence-corrected chi connectivity index (χ4v) is 4.18. The molecule has 0 spiro atoms. The summed E-state index contributed by atoms with van der Waals surface area (Å²) in [6.07, 6.45) is 4.46. The molecular formula is C23H30ClNO3. The predicted molar refractivity (Wildman–Crippen MR) is 113 cm³/mol. The summed E-state index contributed by atoms with van der Waals surface area (Å²) < 4.78 is 11.4. The minimum absolute atomic E-state index is 0.111. The van der Waals surface area contributed by atoms with Crippen molar-refractivity contribution >= 4 is 11.6 Å². The number of methoxy groups -OCH3 is 1. The Morgan fingerprint density at radius 1 is 1.18 bits per heavy atom. The van der Waals surface area contributed by atoms with Crippen molar-refractivity contribution < 1.29 is 14.6 Å². The van der Waals surface area contributed by atoms with E-state index in [1.807, 2.05) is 48.5 Å². The SMILES string of the molecule is COCCCC[C@@](O)(c1cc(Cl)ccc1Oc1ccccc1)[C@@H]1CCCNC1. The normalized spacial score (nSPS) is 19.2. The van der Waals surface area contributed by atoms with Crippen LogP contribution in [-0.2, 0) is 10.3 Å². The van der Waals surface area contributed by atoms with Gasteiger partial charge in [-0.2, -0.15) is 0 Å². The number of nitrogens with one attached hydrogen (secondary N) is 1. The molecule has 0 amide bonds. The van der Waals surface area contributed by atoms with Crippen LogP contribution < -0.4 is 10.1 Å². The Labute approximate surface area is 172 Å². The van der Waals surface area contributed by atoms with Gasteiger partial charge in [-0.05, 0) is 69.0 Å². The van der Waals surface area contributed by atoms with Crippen LogP contribution in [0.15, 0.2) is 48.5 Å². The number of halogens is 1. The van der Waals surface area contributed by atoms with Crippen LogP contribution in [0.1, 0.15) is 37.7 Å². The van der Waals surface area contributed by atoms with Crippen molar-refractivity contribution in [3.8, 4) is 11.5 Å². The standard InChI is InChI=1S/C23H30ClNO3/c1-27-15-6-5-13-23(26,18-8-7-14-25-17-18)21-16-19(24)11-12-22(21)28-20-9-3-2-4-10-20/h2-4,9-12,16,18,25-26H,5-8,13-15,17H2,1H3/t18-,23+/m1/s1. The molecule has 3 rings (SSSR count). The predicted octanol–water partition coefficient (Wildman–Crippen LogP) is 5.14. The number of hydrogen-bond acceptors (Lipinski definition) is 4. The lowest BCUT2D eigenvalue weighted by Crippen LogP contribution is -2.44. The van der Waals surface area contributed by atoms with Crippen molar-refractivity contribution in [2.75, 3.05) is 26.8 Å². The van der Waals surface area contributed by atoms with E-state index in [-0.39, 0.29) is 5.92 Å². The van der Waals surface area contributed by atoms with E-state index >= 15 is 0 Å². The third-order valence-electron chi connectivity index (χ3n) is 5.51. The highest BCUT2D eigenvalue weighted by atomic mass is 35.5. The Kier molecular flexibility index (Phi) is 7.74. The summed E-state index contributed by atoms with van der Waals surface area (Å²) in [4.78, 5) is 0. The van der Waals surface area contributed by atoms with Crippen LogP contribution in [0.5, 0.6) is 11.5 Å². The highest BCUT2D eigenvalue weighted by molar-refractivity contribution is 6.30. The molecule has 1 heterocycles. The van der Waals surface area contributed by atoms with Crippen LogP contribution in [0.3, 0.4) is 0 Å². The summed E-state index contributed by atoms with van der Waals surface area (Å²) in [6.45, 7) is 2.49. The summed E-state index contributed by atoms with van der Waals surface area (Å²) in [6, 6.07) is 15.2. The second-order valence-corrected chi connectivity index (χ2v) is 7.91. The molecule has 2 atom stereocenters. The second kappa shape index (κ2) is 10.3. The number of piperidine rings is 1. The van der Waals surface area contributed by atoms with E-state index in [2.05, 4.69) is 5.32 Å². The summed E-state index contributed by atoms with van der Waals surface area (Å²) in [7, 11) is 1.71. The number of unbranched alkanes of at least 4 members (excludes halogenated alkanes) is 1. The van der Waals surface area contributed by atoms with Crippen molar-refractivity contribution in [2.24, 2.45) is 5.92 Å². The molecule has 0 bridgehead atoms. The number of benzene rings is 2. The summed E-state index contributed by atoms with van der Waals surface area (Å²) >= 11 is 6.35. The maximum Gasteiger partial charge on any atom is 0.133 e. The molecule has 28 heavy (non-hydrogen) atoms. The first kappa shape index (κ1) is 21.1. The Hall–Kier alpha value is -1.59. The highest BCUT2D eigenvalue weighted by Gasteiger charge is 2.40. The average Bonchev–Trinajstić information content (AvgIpc) is 2.74. The molecule has 2 N–H and O–H groups in total. The van der Waals surface area contributed by atoms with E-state index in [4.69, 9.17) is 21.1 Å². The molecule has 1 saturated heterocycles. The smallest absolute Gasteiger partial charge is 0.133 e. The van der Waals surface area contributed by atoms with Gasteiger partial charge >= 0.3 is 0 Å². The van der Waals surface area contributed by atoms with Gasteiger partial charge in [0.05, 0.1) is 5.60 Å². The molecular weight excluding hydrogens is 374 g/mol. The van der Waals surface area contributed by atoms with E-state index in [1.54, 1.807) is 7.11 Å². The number of para-hydroxylation sites is 1. The van der Waals surface area contributed by atoms with Crippen LogP contribution >= 0.6 is 11.6 Å². The molecule has 0 radical (unpaired) electrons. The van der Waals surface area contributed by atoms with Gasteiger partial charge in [0, 0.05) is 36.8 Å². The Bertz CT molecular complexity index is 734.